The van der Waals surface area contributed by atoms with Gasteiger partial charge in [0.1, 0.15) is 5.75 Å². The third-order valence-electron chi connectivity index (χ3n) is 2.94. The maximum absolute atomic E-state index is 12.8. The lowest BCUT2D eigenvalue weighted by molar-refractivity contribution is -0.138. The lowest BCUT2D eigenvalue weighted by Gasteiger charge is -2.20. The van der Waals surface area contributed by atoms with Gasteiger partial charge in [-0.1, -0.05) is 0 Å². The minimum absolute atomic E-state index is 0. The molecule has 0 amide bonds. The Morgan fingerprint density at radius 2 is 1.89 bits per heavy atom. The summed E-state index contributed by atoms with van der Waals surface area (Å²) >= 11 is 3.01. The molecule has 1 fully saturated rings. The number of hydrogen-bond acceptors (Lipinski definition) is 2. The summed E-state index contributed by atoms with van der Waals surface area (Å²) < 4.78 is 38.7. The Labute approximate surface area is 117 Å². The maximum atomic E-state index is 12.8. The van der Waals surface area contributed by atoms with Gasteiger partial charge >= 0.3 is 6.18 Å². The fourth-order valence-electron chi connectivity index (χ4n) is 1.86. The highest BCUT2D eigenvalue weighted by molar-refractivity contribution is 9.10. The Morgan fingerprint density at radius 3 is 2.33 bits per heavy atom. The van der Waals surface area contributed by atoms with Crippen LogP contribution in [0.25, 0.3) is 0 Å². The number of rotatable bonds is 2. The Balaban J connectivity index is 0.00000162. The highest BCUT2D eigenvalue weighted by atomic mass is 79.9. The second-order valence-electron chi connectivity index (χ2n) is 4.22. The van der Waals surface area contributed by atoms with Crippen molar-refractivity contribution >= 4 is 28.3 Å². The van der Waals surface area contributed by atoms with Gasteiger partial charge in [0, 0.05) is 11.6 Å². The van der Waals surface area contributed by atoms with Crippen LogP contribution in [0.15, 0.2) is 16.6 Å². The predicted molar refractivity (Wildman–Crippen MR) is 67.7 cm³/mol. The Kier molecular flexibility index (Phi) is 4.56. The van der Waals surface area contributed by atoms with Crippen molar-refractivity contribution in [3.8, 4) is 5.75 Å². The van der Waals surface area contributed by atoms with E-state index in [0.717, 1.165) is 18.9 Å². The highest BCUT2D eigenvalue weighted by Gasteiger charge is 2.40. The second-order valence-corrected chi connectivity index (χ2v) is 5.07. The summed E-state index contributed by atoms with van der Waals surface area (Å²) in [6.07, 6.45) is -2.88. The third-order valence-corrected chi connectivity index (χ3v) is 3.58. The van der Waals surface area contributed by atoms with Crippen LogP contribution in [0.1, 0.15) is 30.0 Å². The molecule has 1 aliphatic rings. The summed E-state index contributed by atoms with van der Waals surface area (Å²) in [5.41, 5.74) is 4.74. The molecule has 1 saturated carbocycles. The molecule has 1 aliphatic carbocycles. The lowest BCUT2D eigenvalue weighted by atomic mass is 9.96. The summed E-state index contributed by atoms with van der Waals surface area (Å²) in [5, 5.41) is 9.76. The van der Waals surface area contributed by atoms with Gasteiger partial charge in [0.2, 0.25) is 0 Å². The van der Waals surface area contributed by atoms with E-state index in [1.54, 1.807) is 0 Å². The molecule has 18 heavy (non-hydrogen) atoms. The first kappa shape index (κ1) is 15.6. The molecule has 3 N–H and O–H groups in total. The summed E-state index contributed by atoms with van der Waals surface area (Å²) in [4.78, 5) is 0. The molecule has 7 heteroatoms. The van der Waals surface area contributed by atoms with E-state index in [9.17, 15) is 18.3 Å². The maximum Gasteiger partial charge on any atom is 0.416 e. The fraction of sp³-hybridized carbons (Fsp3) is 0.455. The number of nitrogens with two attached hydrogens (primary N) is 1. The second kappa shape index (κ2) is 5.27. The molecule has 2 nitrogen and oxygen atoms in total. The van der Waals surface area contributed by atoms with Crippen LogP contribution in [-0.4, -0.2) is 5.11 Å². The molecule has 0 saturated heterocycles. The first-order chi connectivity index (χ1) is 7.82. The van der Waals surface area contributed by atoms with Crippen molar-refractivity contribution in [2.24, 2.45) is 11.7 Å². The van der Waals surface area contributed by atoms with Gasteiger partial charge in [0.05, 0.1) is 10.0 Å². The summed E-state index contributed by atoms with van der Waals surface area (Å²) in [6, 6.07) is 1.37. The van der Waals surface area contributed by atoms with Crippen LogP contribution in [-0.2, 0) is 6.18 Å². The number of phenolic OH excluding ortho intramolecular Hbond substituents is 1. The van der Waals surface area contributed by atoms with E-state index >= 15 is 0 Å². The van der Waals surface area contributed by atoms with Crippen LogP contribution in [0.3, 0.4) is 0 Å². The molecule has 0 heterocycles. The molecule has 0 spiro atoms. The van der Waals surface area contributed by atoms with Gasteiger partial charge in [-0.2, -0.15) is 13.2 Å². The largest absolute Gasteiger partial charge is 0.506 e. The fourth-order valence-corrected chi connectivity index (χ4v) is 2.20. The minimum atomic E-state index is -4.50. The van der Waals surface area contributed by atoms with E-state index < -0.39 is 23.5 Å². The minimum Gasteiger partial charge on any atom is -0.506 e. The molecule has 1 aromatic carbocycles. The zero-order valence-corrected chi connectivity index (χ0v) is 11.6. The van der Waals surface area contributed by atoms with Gasteiger partial charge in [0.15, 0.2) is 0 Å². The van der Waals surface area contributed by atoms with E-state index in [1.165, 1.54) is 6.07 Å². The molecular formula is C11H12BrClF3NO. The Morgan fingerprint density at radius 1 is 1.33 bits per heavy atom. The van der Waals surface area contributed by atoms with Crippen LogP contribution >= 0.6 is 28.3 Å². The summed E-state index contributed by atoms with van der Waals surface area (Å²) in [7, 11) is 0. The number of alkyl halides is 3. The monoisotopic (exact) mass is 345 g/mol. The van der Waals surface area contributed by atoms with Crippen molar-refractivity contribution in [3.63, 3.8) is 0 Å². The topological polar surface area (TPSA) is 46.2 Å². The molecule has 0 radical (unpaired) electrons. The third kappa shape index (κ3) is 2.92. The number of phenols is 1. The number of benzene rings is 1. The number of hydrogen-bond donors (Lipinski definition) is 2. The van der Waals surface area contributed by atoms with Crippen LogP contribution in [0.4, 0.5) is 13.2 Å². The number of aromatic hydroxyl groups is 1. The van der Waals surface area contributed by atoms with Crippen molar-refractivity contribution < 1.29 is 18.3 Å². The van der Waals surface area contributed by atoms with Gasteiger partial charge in [-0.3, -0.25) is 0 Å². The van der Waals surface area contributed by atoms with Crippen LogP contribution in [0.5, 0.6) is 5.75 Å². The highest BCUT2D eigenvalue weighted by Crippen LogP contribution is 2.48. The molecule has 1 aromatic rings. The average Bonchev–Trinajstić information content (AvgIpc) is 3.02. The smallest absolute Gasteiger partial charge is 0.416 e. The molecule has 0 bridgehead atoms. The first-order valence-electron chi connectivity index (χ1n) is 5.16. The lowest BCUT2D eigenvalue weighted by Crippen LogP contribution is -2.19. The van der Waals surface area contributed by atoms with E-state index in [4.69, 9.17) is 5.73 Å². The van der Waals surface area contributed by atoms with Crippen LogP contribution < -0.4 is 5.73 Å². The van der Waals surface area contributed by atoms with Gasteiger partial charge in [-0.15, -0.1) is 12.4 Å². The van der Waals surface area contributed by atoms with Gasteiger partial charge in [0.25, 0.3) is 0 Å². The standard InChI is InChI=1S/C11H11BrF3NO.ClH/c12-7-4-3-6(11(13,14)15)8(10(7)17)9(16)5-1-2-5;/h3-5,9,17H,1-2,16H2;1H/t9-;/m0./s1. The normalized spacial score (nSPS) is 17.2. The van der Waals surface area contributed by atoms with Gasteiger partial charge in [-0.25, -0.2) is 0 Å². The van der Waals surface area contributed by atoms with Crippen LogP contribution in [0, 0.1) is 5.92 Å². The zero-order chi connectivity index (χ0) is 12.8. The van der Waals surface area contributed by atoms with E-state index in [0.29, 0.717) is 0 Å². The first-order valence-corrected chi connectivity index (χ1v) is 5.96. The molecule has 0 unspecified atom stereocenters. The van der Waals surface area contributed by atoms with Crippen molar-refractivity contribution in [2.45, 2.75) is 25.1 Å². The quantitative estimate of drug-likeness (QED) is 0.850. The average molecular weight is 347 g/mol. The molecule has 102 valence electrons. The van der Waals surface area contributed by atoms with E-state index in [1.807, 2.05) is 0 Å². The summed E-state index contributed by atoms with van der Waals surface area (Å²) in [6.45, 7) is 0. The SMILES string of the molecule is Cl.N[C@H](c1c(C(F)(F)F)ccc(Br)c1O)C1CC1. The van der Waals surface area contributed by atoms with Crippen molar-refractivity contribution in [2.75, 3.05) is 0 Å². The summed E-state index contributed by atoms with van der Waals surface area (Å²) in [5.74, 6) is -0.365. The Hall–Kier alpha value is -0.460. The van der Waals surface area contributed by atoms with Gasteiger partial charge < -0.3 is 10.8 Å². The molecule has 0 aliphatic heterocycles. The van der Waals surface area contributed by atoms with Crippen molar-refractivity contribution in [3.05, 3.63) is 27.7 Å². The predicted octanol–water partition coefficient (Wildman–Crippen LogP) is 4.01. The van der Waals surface area contributed by atoms with E-state index in [2.05, 4.69) is 15.9 Å². The molecule has 1 atom stereocenters. The Bertz CT molecular complexity index is 449. The zero-order valence-electron chi connectivity index (χ0n) is 9.17. The van der Waals surface area contributed by atoms with E-state index in [-0.39, 0.29) is 28.4 Å². The van der Waals surface area contributed by atoms with Crippen LogP contribution in [0.2, 0.25) is 0 Å². The number of halogens is 5. The molecular weight excluding hydrogens is 334 g/mol. The van der Waals surface area contributed by atoms with Crippen molar-refractivity contribution in [1.29, 1.82) is 0 Å². The molecule has 2 rings (SSSR count). The van der Waals surface area contributed by atoms with Crippen molar-refractivity contribution in [1.82, 2.24) is 0 Å². The molecule has 0 aromatic heterocycles. The van der Waals surface area contributed by atoms with Gasteiger partial charge in [-0.05, 0) is 46.8 Å².